The molecule has 0 nitrogen and oxygen atoms in total. The molecule has 0 amide bonds. The molecular formula is C35H36P2. The highest BCUT2D eigenvalue weighted by molar-refractivity contribution is 7.75. The normalized spacial score (nSPS) is 15.9. The second-order valence-corrected chi connectivity index (χ2v) is 15.2. The van der Waals surface area contributed by atoms with E-state index in [1.807, 2.05) is 0 Å². The molecule has 37 heavy (non-hydrogen) atoms. The van der Waals surface area contributed by atoms with Gasteiger partial charge in [-0.3, -0.25) is 0 Å². The number of hydrogen-bond donors (Lipinski definition) is 0. The highest BCUT2D eigenvalue weighted by atomic mass is 31.1. The van der Waals surface area contributed by atoms with E-state index < -0.39 is 15.8 Å². The minimum Gasteiger partial charge on any atom is -0.0724 e. The first-order chi connectivity index (χ1) is 17.9. The Bertz CT molecular complexity index is 1300. The molecule has 0 N–H and O–H groups in total. The quantitative estimate of drug-likeness (QED) is 0.220. The average molecular weight is 519 g/mol. The van der Waals surface area contributed by atoms with Crippen LogP contribution in [0.1, 0.15) is 29.2 Å². The Kier molecular flexibility index (Phi) is 7.90. The van der Waals surface area contributed by atoms with E-state index in [-0.39, 0.29) is 0 Å². The van der Waals surface area contributed by atoms with Crippen molar-refractivity contribution in [2.45, 2.75) is 45.9 Å². The molecule has 2 unspecified atom stereocenters. The zero-order valence-electron chi connectivity index (χ0n) is 22.5. The first-order valence-corrected chi connectivity index (χ1v) is 16.0. The Labute approximate surface area is 225 Å². The van der Waals surface area contributed by atoms with Crippen LogP contribution in [0.15, 0.2) is 121 Å². The highest BCUT2D eigenvalue weighted by Crippen LogP contribution is 2.52. The monoisotopic (exact) mass is 518 g/mol. The van der Waals surface area contributed by atoms with Crippen LogP contribution >= 0.6 is 15.8 Å². The van der Waals surface area contributed by atoms with Gasteiger partial charge in [0, 0.05) is 11.3 Å². The van der Waals surface area contributed by atoms with E-state index in [0.29, 0.717) is 11.3 Å². The summed E-state index contributed by atoms with van der Waals surface area (Å²) in [6.07, 6.45) is 7.23. The van der Waals surface area contributed by atoms with E-state index in [2.05, 4.69) is 150 Å². The Morgan fingerprint density at radius 2 is 1.00 bits per heavy atom. The van der Waals surface area contributed by atoms with Gasteiger partial charge in [-0.25, -0.2) is 0 Å². The zero-order valence-corrected chi connectivity index (χ0v) is 24.3. The predicted octanol–water partition coefficient (Wildman–Crippen LogP) is 7.74. The topological polar surface area (TPSA) is 0 Å². The summed E-state index contributed by atoms with van der Waals surface area (Å²) in [6, 6.07) is 36.6. The SMILES string of the molecule is Cc1cc(C)cc(P(c2cc(C)cc(C)c2)C2C=CC=C2C(C)P(c2ccccc2)c2ccccc2)c1. The molecule has 0 radical (unpaired) electrons. The van der Waals surface area contributed by atoms with Gasteiger partial charge in [0.15, 0.2) is 0 Å². The molecule has 0 bridgehead atoms. The predicted molar refractivity (Wildman–Crippen MR) is 168 cm³/mol. The standard InChI is InChI=1S/C35H36P2/c1-25-19-26(2)22-32(21-25)37(33-23-27(3)20-28(4)24-33)35-18-12-17-34(35)29(5)36(30-13-8-6-9-14-30)31-15-10-7-11-16-31/h6-24,29,35H,1-5H3. The van der Waals surface area contributed by atoms with Gasteiger partial charge in [0.05, 0.1) is 0 Å². The van der Waals surface area contributed by atoms with Gasteiger partial charge in [-0.1, -0.05) is 150 Å². The van der Waals surface area contributed by atoms with Gasteiger partial charge in [0.25, 0.3) is 0 Å². The Morgan fingerprint density at radius 1 is 0.568 bits per heavy atom. The van der Waals surface area contributed by atoms with Crippen molar-refractivity contribution in [3.05, 3.63) is 143 Å². The first kappa shape index (κ1) is 25.9. The molecule has 0 heterocycles. The zero-order chi connectivity index (χ0) is 25.9. The molecule has 4 aromatic carbocycles. The maximum Gasteiger partial charge on any atom is 0.0273 e. The van der Waals surface area contributed by atoms with Crippen LogP contribution in [-0.4, -0.2) is 11.3 Å². The van der Waals surface area contributed by atoms with Crippen molar-refractivity contribution in [1.82, 2.24) is 0 Å². The van der Waals surface area contributed by atoms with Crippen LogP contribution in [0, 0.1) is 27.7 Å². The fourth-order valence-corrected chi connectivity index (χ4v) is 11.7. The molecule has 2 heteroatoms. The molecule has 0 fully saturated rings. The third kappa shape index (κ3) is 5.72. The van der Waals surface area contributed by atoms with Crippen LogP contribution in [0.3, 0.4) is 0 Å². The molecule has 0 saturated heterocycles. The van der Waals surface area contributed by atoms with E-state index in [4.69, 9.17) is 0 Å². The van der Waals surface area contributed by atoms with Gasteiger partial charge in [-0.15, -0.1) is 0 Å². The van der Waals surface area contributed by atoms with Gasteiger partial charge in [-0.05, 0) is 64.8 Å². The summed E-state index contributed by atoms with van der Waals surface area (Å²) in [5, 5.41) is 5.86. The highest BCUT2D eigenvalue weighted by Gasteiger charge is 2.34. The molecule has 0 aromatic heterocycles. The van der Waals surface area contributed by atoms with Gasteiger partial charge in [0.1, 0.15) is 0 Å². The van der Waals surface area contributed by atoms with Crippen molar-refractivity contribution < 1.29 is 0 Å². The summed E-state index contributed by atoms with van der Waals surface area (Å²) >= 11 is 0. The molecule has 4 aromatic rings. The van der Waals surface area contributed by atoms with E-state index in [0.717, 1.165) is 0 Å². The van der Waals surface area contributed by atoms with Gasteiger partial charge in [-0.2, -0.15) is 0 Å². The van der Waals surface area contributed by atoms with Crippen LogP contribution < -0.4 is 21.2 Å². The number of benzene rings is 4. The summed E-state index contributed by atoms with van der Waals surface area (Å²) in [5.41, 5.74) is 7.80. The van der Waals surface area contributed by atoms with Gasteiger partial charge < -0.3 is 0 Å². The molecule has 186 valence electrons. The molecular weight excluding hydrogens is 482 g/mol. The van der Waals surface area contributed by atoms with Crippen LogP contribution in [0.4, 0.5) is 0 Å². The number of hydrogen-bond acceptors (Lipinski definition) is 0. The fraction of sp³-hybridized carbons (Fsp3) is 0.200. The second-order valence-electron chi connectivity index (χ2n) is 10.3. The lowest BCUT2D eigenvalue weighted by molar-refractivity contribution is 1.07. The molecule has 0 saturated carbocycles. The summed E-state index contributed by atoms with van der Waals surface area (Å²) in [5.74, 6) is 0. The Hall–Kier alpha value is -2.78. The van der Waals surface area contributed by atoms with Crippen LogP contribution in [0.25, 0.3) is 0 Å². The van der Waals surface area contributed by atoms with Crippen molar-refractivity contribution in [3.8, 4) is 0 Å². The number of aryl methyl sites for hydroxylation is 4. The second kappa shape index (κ2) is 11.3. The van der Waals surface area contributed by atoms with Gasteiger partial charge in [0.2, 0.25) is 0 Å². The lowest BCUT2D eigenvalue weighted by atomic mass is 10.1. The summed E-state index contributed by atoms with van der Waals surface area (Å²) < 4.78 is 0. The van der Waals surface area contributed by atoms with Crippen molar-refractivity contribution >= 4 is 37.1 Å². The summed E-state index contributed by atoms with van der Waals surface area (Å²) in [7, 11) is -1.13. The summed E-state index contributed by atoms with van der Waals surface area (Å²) in [6.45, 7) is 11.4. The molecule has 1 aliphatic rings. The van der Waals surface area contributed by atoms with E-state index in [1.165, 1.54) is 43.5 Å². The Balaban J connectivity index is 1.62. The maximum atomic E-state index is 2.48. The van der Waals surface area contributed by atoms with Crippen molar-refractivity contribution in [2.24, 2.45) is 0 Å². The molecule has 5 rings (SSSR count). The maximum absolute atomic E-state index is 2.48. The van der Waals surface area contributed by atoms with E-state index >= 15 is 0 Å². The number of rotatable bonds is 7. The minimum absolute atomic E-state index is 0.393. The largest absolute Gasteiger partial charge is 0.0724 e. The molecule has 0 spiro atoms. The van der Waals surface area contributed by atoms with Crippen LogP contribution in [0.5, 0.6) is 0 Å². The first-order valence-electron chi connectivity index (χ1n) is 13.1. The fourth-order valence-electron chi connectivity index (χ4n) is 5.68. The van der Waals surface area contributed by atoms with Gasteiger partial charge >= 0.3 is 0 Å². The smallest absolute Gasteiger partial charge is 0.0273 e. The van der Waals surface area contributed by atoms with Crippen LogP contribution in [0.2, 0.25) is 0 Å². The lowest BCUT2D eigenvalue weighted by Gasteiger charge is -2.34. The average Bonchev–Trinajstić information content (AvgIpc) is 3.34. The molecule has 1 aliphatic carbocycles. The van der Waals surface area contributed by atoms with Crippen molar-refractivity contribution in [2.75, 3.05) is 0 Å². The third-order valence-electron chi connectivity index (χ3n) is 7.11. The van der Waals surface area contributed by atoms with E-state index in [9.17, 15) is 0 Å². The Morgan fingerprint density at radius 3 is 1.43 bits per heavy atom. The number of allylic oxidation sites excluding steroid dienone is 4. The molecule has 2 atom stereocenters. The van der Waals surface area contributed by atoms with Crippen molar-refractivity contribution in [1.29, 1.82) is 0 Å². The van der Waals surface area contributed by atoms with Crippen molar-refractivity contribution in [3.63, 3.8) is 0 Å². The summed E-state index contributed by atoms with van der Waals surface area (Å²) in [4.78, 5) is 0. The van der Waals surface area contributed by atoms with Crippen LogP contribution in [-0.2, 0) is 0 Å². The minimum atomic E-state index is -0.596. The van der Waals surface area contributed by atoms with E-state index in [1.54, 1.807) is 5.57 Å². The molecule has 0 aliphatic heterocycles. The lowest BCUT2D eigenvalue weighted by Crippen LogP contribution is -2.28. The third-order valence-corrected chi connectivity index (χ3v) is 12.5.